The van der Waals surface area contributed by atoms with Crippen molar-refractivity contribution in [1.29, 1.82) is 0 Å². The Kier molecular flexibility index (Phi) is 2.99. The fraction of sp³-hybridized carbons (Fsp3) is 0. The molecule has 20 heavy (non-hydrogen) atoms. The highest BCUT2D eigenvalue weighted by Crippen LogP contribution is 2.17. The van der Waals surface area contributed by atoms with Gasteiger partial charge in [0, 0.05) is 22.7 Å². The van der Waals surface area contributed by atoms with Crippen molar-refractivity contribution in [1.82, 2.24) is 4.98 Å². The molecule has 0 aliphatic rings. The molecule has 0 saturated carbocycles. The van der Waals surface area contributed by atoms with Crippen LogP contribution in [0.2, 0.25) is 0 Å². The molecule has 2 aromatic carbocycles. The first-order valence-corrected chi connectivity index (χ1v) is 6.00. The van der Waals surface area contributed by atoms with Gasteiger partial charge < -0.3 is 0 Å². The highest BCUT2D eigenvalue weighted by atomic mass is 19.2. The first kappa shape index (κ1) is 12.4. The molecule has 0 unspecified atom stereocenters. The van der Waals surface area contributed by atoms with Crippen LogP contribution in [0.1, 0.15) is 15.9 Å². The minimum atomic E-state index is -1.03. The molecule has 4 heteroatoms. The van der Waals surface area contributed by atoms with Crippen molar-refractivity contribution in [2.75, 3.05) is 0 Å². The van der Waals surface area contributed by atoms with E-state index < -0.39 is 11.6 Å². The fourth-order valence-corrected chi connectivity index (χ4v) is 2.01. The summed E-state index contributed by atoms with van der Waals surface area (Å²) in [7, 11) is 0. The second-order valence-electron chi connectivity index (χ2n) is 4.37. The van der Waals surface area contributed by atoms with Gasteiger partial charge in [-0.25, -0.2) is 8.78 Å². The van der Waals surface area contributed by atoms with Crippen LogP contribution in [0.25, 0.3) is 10.9 Å². The lowest BCUT2D eigenvalue weighted by Crippen LogP contribution is -2.02. The first-order chi connectivity index (χ1) is 9.65. The van der Waals surface area contributed by atoms with Gasteiger partial charge in [0.15, 0.2) is 17.4 Å². The van der Waals surface area contributed by atoms with Crippen LogP contribution in [0.5, 0.6) is 0 Å². The van der Waals surface area contributed by atoms with Crippen molar-refractivity contribution in [3.63, 3.8) is 0 Å². The molecule has 0 atom stereocenters. The van der Waals surface area contributed by atoms with E-state index >= 15 is 0 Å². The Balaban J connectivity index is 2.05. The average molecular weight is 269 g/mol. The van der Waals surface area contributed by atoms with Crippen LogP contribution in [0, 0.1) is 11.6 Å². The van der Waals surface area contributed by atoms with Crippen LogP contribution in [0.4, 0.5) is 8.78 Å². The van der Waals surface area contributed by atoms with Gasteiger partial charge in [-0.3, -0.25) is 9.78 Å². The normalized spacial score (nSPS) is 10.7. The molecule has 0 aliphatic heterocycles. The van der Waals surface area contributed by atoms with E-state index in [4.69, 9.17) is 0 Å². The molecular weight excluding hydrogens is 260 g/mol. The van der Waals surface area contributed by atoms with Gasteiger partial charge in [-0.2, -0.15) is 0 Å². The number of benzene rings is 2. The second-order valence-corrected chi connectivity index (χ2v) is 4.37. The third-order valence-corrected chi connectivity index (χ3v) is 3.05. The van der Waals surface area contributed by atoms with E-state index in [0.717, 1.165) is 17.5 Å². The summed E-state index contributed by atoms with van der Waals surface area (Å²) in [4.78, 5) is 16.4. The van der Waals surface area contributed by atoms with E-state index in [1.54, 1.807) is 30.5 Å². The quantitative estimate of drug-likeness (QED) is 0.663. The van der Waals surface area contributed by atoms with Gasteiger partial charge in [0.1, 0.15) is 0 Å². The first-order valence-electron chi connectivity index (χ1n) is 6.00. The van der Waals surface area contributed by atoms with Crippen molar-refractivity contribution >= 4 is 16.7 Å². The number of hydrogen-bond donors (Lipinski definition) is 0. The number of ketones is 1. The lowest BCUT2D eigenvalue weighted by atomic mass is 10.0. The van der Waals surface area contributed by atoms with Crippen LogP contribution in [0.3, 0.4) is 0 Å². The Hall–Kier alpha value is -2.62. The van der Waals surface area contributed by atoms with E-state index in [9.17, 15) is 13.6 Å². The molecule has 1 heterocycles. The molecule has 1 aromatic heterocycles. The zero-order chi connectivity index (χ0) is 14.1. The van der Waals surface area contributed by atoms with Gasteiger partial charge in [-0.15, -0.1) is 0 Å². The Morgan fingerprint density at radius 3 is 2.45 bits per heavy atom. The standard InChI is InChI=1S/C16H9F2NO/c17-13-6-5-11(8-14(13)18)16(20)12-4-3-10-2-1-7-19-15(10)9-12/h1-9H. The molecule has 98 valence electrons. The number of carbonyl (C=O) groups is 1. The van der Waals surface area contributed by atoms with Crippen LogP contribution in [-0.2, 0) is 0 Å². The molecule has 2 nitrogen and oxygen atoms in total. The molecule has 0 radical (unpaired) electrons. The van der Waals surface area contributed by atoms with Gasteiger partial charge >= 0.3 is 0 Å². The van der Waals surface area contributed by atoms with Gasteiger partial charge in [0.2, 0.25) is 0 Å². The predicted octanol–water partition coefficient (Wildman–Crippen LogP) is 3.74. The number of hydrogen-bond acceptors (Lipinski definition) is 2. The van der Waals surface area contributed by atoms with E-state index in [0.29, 0.717) is 11.1 Å². The van der Waals surface area contributed by atoms with Crippen molar-refractivity contribution in [3.8, 4) is 0 Å². The maximum absolute atomic E-state index is 13.2. The molecular formula is C16H9F2NO. The molecule has 0 saturated heterocycles. The van der Waals surface area contributed by atoms with Crippen molar-refractivity contribution in [2.24, 2.45) is 0 Å². The Bertz CT molecular complexity index is 814. The highest BCUT2D eigenvalue weighted by Gasteiger charge is 2.12. The summed E-state index contributed by atoms with van der Waals surface area (Å²) >= 11 is 0. The summed E-state index contributed by atoms with van der Waals surface area (Å²) in [6.45, 7) is 0. The summed E-state index contributed by atoms with van der Waals surface area (Å²) in [5.74, 6) is -2.37. The third-order valence-electron chi connectivity index (χ3n) is 3.05. The Morgan fingerprint density at radius 1 is 0.900 bits per heavy atom. The van der Waals surface area contributed by atoms with Crippen molar-refractivity contribution in [3.05, 3.63) is 77.5 Å². The van der Waals surface area contributed by atoms with Crippen molar-refractivity contribution in [2.45, 2.75) is 0 Å². The van der Waals surface area contributed by atoms with Crippen LogP contribution >= 0.6 is 0 Å². The second kappa shape index (κ2) is 4.81. The van der Waals surface area contributed by atoms with E-state index in [2.05, 4.69) is 4.98 Å². The zero-order valence-electron chi connectivity index (χ0n) is 10.3. The number of aromatic nitrogens is 1. The Labute approximate surface area is 113 Å². The minimum Gasteiger partial charge on any atom is -0.289 e. The van der Waals surface area contributed by atoms with Crippen LogP contribution < -0.4 is 0 Å². The SMILES string of the molecule is O=C(c1ccc(F)c(F)c1)c1ccc2cccnc2c1. The molecule has 0 bridgehead atoms. The molecule has 3 aromatic rings. The van der Waals surface area contributed by atoms with Crippen LogP contribution in [0.15, 0.2) is 54.7 Å². The average Bonchev–Trinajstić information content (AvgIpc) is 2.49. The van der Waals surface area contributed by atoms with Gasteiger partial charge in [-0.05, 0) is 30.3 Å². The largest absolute Gasteiger partial charge is 0.289 e. The Morgan fingerprint density at radius 2 is 1.65 bits per heavy atom. The third kappa shape index (κ3) is 2.16. The van der Waals surface area contributed by atoms with Gasteiger partial charge in [-0.1, -0.05) is 18.2 Å². The monoisotopic (exact) mass is 269 g/mol. The topological polar surface area (TPSA) is 30.0 Å². The number of pyridine rings is 1. The lowest BCUT2D eigenvalue weighted by molar-refractivity contribution is 0.103. The number of halogens is 2. The molecule has 0 N–H and O–H groups in total. The number of rotatable bonds is 2. The predicted molar refractivity (Wildman–Crippen MR) is 71.5 cm³/mol. The smallest absolute Gasteiger partial charge is 0.193 e. The number of carbonyl (C=O) groups excluding carboxylic acids is 1. The zero-order valence-corrected chi connectivity index (χ0v) is 10.3. The summed E-state index contributed by atoms with van der Waals surface area (Å²) in [5.41, 5.74) is 1.18. The summed E-state index contributed by atoms with van der Waals surface area (Å²) in [5, 5.41) is 0.911. The van der Waals surface area contributed by atoms with Gasteiger partial charge in [0.05, 0.1) is 5.52 Å². The molecule has 3 rings (SSSR count). The number of nitrogens with zero attached hydrogens (tertiary/aromatic N) is 1. The maximum Gasteiger partial charge on any atom is 0.193 e. The summed E-state index contributed by atoms with van der Waals surface area (Å²) < 4.78 is 26.0. The highest BCUT2D eigenvalue weighted by molar-refractivity contribution is 6.10. The maximum atomic E-state index is 13.2. The van der Waals surface area contributed by atoms with E-state index in [1.807, 2.05) is 6.07 Å². The van der Waals surface area contributed by atoms with E-state index in [1.165, 1.54) is 6.07 Å². The molecule has 0 amide bonds. The molecule has 0 fully saturated rings. The fourth-order valence-electron chi connectivity index (χ4n) is 2.01. The summed E-state index contributed by atoms with van der Waals surface area (Å²) in [6.07, 6.45) is 1.63. The number of fused-ring (bicyclic) bond motifs is 1. The molecule has 0 spiro atoms. The van der Waals surface area contributed by atoms with Crippen molar-refractivity contribution < 1.29 is 13.6 Å². The van der Waals surface area contributed by atoms with E-state index in [-0.39, 0.29) is 11.3 Å². The minimum absolute atomic E-state index is 0.110. The van der Waals surface area contributed by atoms with Crippen LogP contribution in [-0.4, -0.2) is 10.8 Å². The summed E-state index contributed by atoms with van der Waals surface area (Å²) in [6, 6.07) is 11.9. The lowest BCUT2D eigenvalue weighted by Gasteiger charge is -2.03. The molecule has 0 aliphatic carbocycles. The van der Waals surface area contributed by atoms with Gasteiger partial charge in [0.25, 0.3) is 0 Å².